The number of ether oxygens (including phenoxy) is 1. The highest BCUT2D eigenvalue weighted by Crippen LogP contribution is 2.39. The predicted octanol–water partition coefficient (Wildman–Crippen LogP) is 3.26. The molecule has 3 aliphatic rings. The number of nitrogens with one attached hydrogen (secondary N) is 1. The van der Waals surface area contributed by atoms with Crippen LogP contribution >= 0.6 is 0 Å². The monoisotopic (exact) mass is 272 g/mol. The molecule has 2 heterocycles. The number of piperidine rings is 1. The highest BCUT2D eigenvalue weighted by molar-refractivity contribution is 5.61. The maximum Gasteiger partial charge on any atom is 0.146 e. The summed E-state index contributed by atoms with van der Waals surface area (Å²) in [5.74, 6) is 2.06. The molecule has 108 valence electrons. The van der Waals surface area contributed by atoms with E-state index >= 15 is 0 Å². The van der Waals surface area contributed by atoms with Crippen LogP contribution in [0, 0.1) is 5.92 Å². The lowest BCUT2D eigenvalue weighted by atomic mass is 9.91. The van der Waals surface area contributed by atoms with Crippen molar-refractivity contribution < 1.29 is 4.74 Å². The molecule has 20 heavy (non-hydrogen) atoms. The van der Waals surface area contributed by atoms with E-state index in [0.717, 1.165) is 37.4 Å². The Morgan fingerprint density at radius 1 is 1.20 bits per heavy atom. The van der Waals surface area contributed by atoms with Crippen LogP contribution in [0.4, 0.5) is 5.69 Å². The van der Waals surface area contributed by atoms with E-state index in [1.165, 1.54) is 49.9 Å². The van der Waals surface area contributed by atoms with Crippen LogP contribution in [0.15, 0.2) is 18.2 Å². The minimum atomic E-state index is 0.788. The molecule has 1 N–H and O–H groups in total. The average Bonchev–Trinajstić information content (AvgIpc) is 2.97. The fraction of sp³-hybridized carbons (Fsp3) is 0.647. The Morgan fingerprint density at radius 3 is 3.15 bits per heavy atom. The largest absolute Gasteiger partial charge is 0.489 e. The maximum atomic E-state index is 5.92. The summed E-state index contributed by atoms with van der Waals surface area (Å²) in [6.07, 6.45) is 7.10. The van der Waals surface area contributed by atoms with Gasteiger partial charge in [0.05, 0.1) is 5.69 Å². The van der Waals surface area contributed by atoms with Crippen LogP contribution in [0.5, 0.6) is 5.75 Å². The second-order valence-electron chi connectivity index (χ2n) is 6.44. The Hall–Kier alpha value is -1.22. The van der Waals surface area contributed by atoms with E-state index in [-0.39, 0.29) is 0 Å². The predicted molar refractivity (Wildman–Crippen MR) is 81.2 cm³/mol. The van der Waals surface area contributed by atoms with Crippen molar-refractivity contribution in [2.75, 3.05) is 25.0 Å². The summed E-state index contributed by atoms with van der Waals surface area (Å²) in [6.45, 7) is 4.03. The Balaban J connectivity index is 1.56. The summed E-state index contributed by atoms with van der Waals surface area (Å²) in [7, 11) is 0. The molecule has 0 radical (unpaired) electrons. The van der Waals surface area contributed by atoms with Crippen molar-refractivity contribution in [3.63, 3.8) is 0 Å². The van der Waals surface area contributed by atoms with Gasteiger partial charge in [-0.15, -0.1) is 0 Å². The summed E-state index contributed by atoms with van der Waals surface area (Å²) in [4.78, 5) is 2.72. The zero-order valence-corrected chi connectivity index (χ0v) is 12.1. The molecule has 3 nitrogen and oxygen atoms in total. The van der Waals surface area contributed by atoms with Crippen molar-refractivity contribution in [1.29, 1.82) is 0 Å². The van der Waals surface area contributed by atoms with Gasteiger partial charge in [-0.1, -0.05) is 18.6 Å². The third-order valence-corrected chi connectivity index (χ3v) is 5.24. The van der Waals surface area contributed by atoms with E-state index < -0.39 is 0 Å². The molecule has 4 rings (SSSR count). The number of hydrogen-bond donors (Lipinski definition) is 1. The minimum Gasteiger partial charge on any atom is -0.489 e. The van der Waals surface area contributed by atoms with Crippen LogP contribution < -0.4 is 10.1 Å². The fourth-order valence-corrected chi connectivity index (χ4v) is 4.33. The first-order chi connectivity index (χ1) is 9.92. The molecule has 1 aromatic carbocycles. The van der Waals surface area contributed by atoms with E-state index in [0.29, 0.717) is 0 Å². The van der Waals surface area contributed by atoms with Crippen molar-refractivity contribution in [3.8, 4) is 5.75 Å². The Kier molecular flexibility index (Phi) is 3.31. The molecule has 0 bridgehead atoms. The first-order valence-electron chi connectivity index (χ1n) is 8.14. The van der Waals surface area contributed by atoms with Crippen molar-refractivity contribution in [2.45, 2.75) is 44.7 Å². The second kappa shape index (κ2) is 5.28. The molecular weight excluding hydrogens is 248 g/mol. The van der Waals surface area contributed by atoms with Crippen molar-refractivity contribution in [1.82, 2.24) is 4.90 Å². The molecule has 2 unspecified atom stereocenters. The fourth-order valence-electron chi connectivity index (χ4n) is 4.33. The Bertz CT molecular complexity index is 488. The molecule has 1 aromatic rings. The van der Waals surface area contributed by atoms with Crippen LogP contribution in [0.1, 0.15) is 37.7 Å². The van der Waals surface area contributed by atoms with Gasteiger partial charge in [-0.3, -0.25) is 4.90 Å². The van der Waals surface area contributed by atoms with Crippen molar-refractivity contribution in [2.24, 2.45) is 5.92 Å². The molecule has 2 atom stereocenters. The van der Waals surface area contributed by atoms with E-state index in [2.05, 4.69) is 28.4 Å². The van der Waals surface area contributed by atoms with Gasteiger partial charge in [-0.05, 0) is 44.2 Å². The van der Waals surface area contributed by atoms with Crippen LogP contribution in [0.3, 0.4) is 0 Å². The number of nitrogens with zero attached hydrogens (tertiary/aromatic N) is 1. The molecule has 1 saturated carbocycles. The minimum absolute atomic E-state index is 0.788. The quantitative estimate of drug-likeness (QED) is 0.894. The van der Waals surface area contributed by atoms with Crippen LogP contribution in [-0.2, 0) is 6.54 Å². The molecule has 3 heteroatoms. The van der Waals surface area contributed by atoms with Gasteiger partial charge in [0.2, 0.25) is 0 Å². The molecule has 1 saturated heterocycles. The van der Waals surface area contributed by atoms with Crippen molar-refractivity contribution in [3.05, 3.63) is 23.8 Å². The number of benzene rings is 1. The van der Waals surface area contributed by atoms with Gasteiger partial charge in [0.15, 0.2) is 0 Å². The van der Waals surface area contributed by atoms with Crippen molar-refractivity contribution >= 4 is 5.69 Å². The number of rotatable bonds is 2. The SMILES string of the molecule is c1cc(CN2CCCC3CCCC32)c2c(c1)NCCO2. The van der Waals surface area contributed by atoms with E-state index in [1.807, 2.05) is 0 Å². The zero-order valence-electron chi connectivity index (χ0n) is 12.1. The van der Waals surface area contributed by atoms with Crippen LogP contribution in [-0.4, -0.2) is 30.6 Å². The molecule has 0 spiro atoms. The molecule has 0 amide bonds. The second-order valence-corrected chi connectivity index (χ2v) is 6.44. The summed E-state index contributed by atoms with van der Waals surface area (Å²) >= 11 is 0. The van der Waals surface area contributed by atoms with Gasteiger partial charge in [0, 0.05) is 24.7 Å². The number of likely N-dealkylation sites (tertiary alicyclic amines) is 1. The third kappa shape index (κ3) is 2.18. The smallest absolute Gasteiger partial charge is 0.146 e. The van der Waals surface area contributed by atoms with Gasteiger partial charge in [0.1, 0.15) is 12.4 Å². The normalized spacial score (nSPS) is 29.2. The van der Waals surface area contributed by atoms with Gasteiger partial charge in [0.25, 0.3) is 0 Å². The van der Waals surface area contributed by atoms with Gasteiger partial charge >= 0.3 is 0 Å². The van der Waals surface area contributed by atoms with Gasteiger partial charge < -0.3 is 10.1 Å². The number of para-hydroxylation sites is 1. The molecule has 2 aliphatic heterocycles. The molecular formula is C17H24N2O. The molecule has 0 aromatic heterocycles. The summed E-state index contributed by atoms with van der Waals surface area (Å²) in [5.41, 5.74) is 2.54. The van der Waals surface area contributed by atoms with E-state index in [9.17, 15) is 0 Å². The first-order valence-corrected chi connectivity index (χ1v) is 8.14. The van der Waals surface area contributed by atoms with Crippen LogP contribution in [0.2, 0.25) is 0 Å². The topological polar surface area (TPSA) is 24.5 Å². The van der Waals surface area contributed by atoms with Gasteiger partial charge in [-0.25, -0.2) is 0 Å². The van der Waals surface area contributed by atoms with Gasteiger partial charge in [-0.2, -0.15) is 0 Å². The number of fused-ring (bicyclic) bond motifs is 2. The first kappa shape index (κ1) is 12.5. The van der Waals surface area contributed by atoms with E-state index in [4.69, 9.17) is 4.74 Å². The highest BCUT2D eigenvalue weighted by atomic mass is 16.5. The highest BCUT2D eigenvalue weighted by Gasteiger charge is 2.35. The summed E-state index contributed by atoms with van der Waals surface area (Å²) in [6, 6.07) is 7.36. The number of hydrogen-bond acceptors (Lipinski definition) is 3. The molecule has 2 fully saturated rings. The zero-order chi connectivity index (χ0) is 13.4. The standard InChI is InChI=1S/C17H24N2O/c1-5-14(17-15(7-1)18-9-11-20-17)12-19-10-3-6-13-4-2-8-16(13)19/h1,5,7,13,16,18H,2-4,6,8-12H2. The number of anilines is 1. The van der Waals surface area contributed by atoms with E-state index in [1.54, 1.807) is 0 Å². The Labute approximate surface area is 121 Å². The summed E-state index contributed by atoms with van der Waals surface area (Å²) < 4.78 is 5.92. The average molecular weight is 272 g/mol. The van der Waals surface area contributed by atoms with Crippen LogP contribution in [0.25, 0.3) is 0 Å². The lowest BCUT2D eigenvalue weighted by molar-refractivity contribution is 0.104. The lowest BCUT2D eigenvalue weighted by Gasteiger charge is -2.38. The Morgan fingerprint density at radius 2 is 2.15 bits per heavy atom. The maximum absolute atomic E-state index is 5.92. The molecule has 1 aliphatic carbocycles. The lowest BCUT2D eigenvalue weighted by Crippen LogP contribution is -2.42. The third-order valence-electron chi connectivity index (χ3n) is 5.24. The summed E-state index contributed by atoms with van der Waals surface area (Å²) in [5, 5.41) is 3.44.